The second-order valence-electron chi connectivity index (χ2n) is 12.5. The lowest BCUT2D eigenvalue weighted by molar-refractivity contribution is -0.112. The number of likely N-dealkylation sites (N-methyl/N-ethyl adjacent to an activating group) is 1. The first-order valence-electron chi connectivity index (χ1n) is 17.2. The van der Waals surface area contributed by atoms with Gasteiger partial charge >= 0.3 is 0 Å². The average Bonchev–Trinajstić information content (AvgIpc) is 3.24. The normalized spacial score (nSPS) is 16.6. The zero-order valence-electron chi connectivity index (χ0n) is 30.5. The lowest BCUT2D eigenvalue weighted by Crippen LogP contribution is -2.30. The van der Waals surface area contributed by atoms with Gasteiger partial charge in [0.05, 0.1) is 23.5 Å². The molecule has 1 unspecified atom stereocenters. The van der Waals surface area contributed by atoms with Crippen molar-refractivity contribution in [2.24, 2.45) is 11.0 Å². The summed E-state index contributed by atoms with van der Waals surface area (Å²) in [5.41, 5.74) is 1.60. The number of nitrogens with zero attached hydrogens (tertiary/aromatic N) is 7. The molecule has 272 valence electrons. The molecule has 4 heterocycles. The highest BCUT2D eigenvalue weighted by atomic mass is 19.1. The van der Waals surface area contributed by atoms with Crippen LogP contribution in [0.15, 0.2) is 77.7 Å². The van der Waals surface area contributed by atoms with Crippen LogP contribution in [0, 0.1) is 17.6 Å². The van der Waals surface area contributed by atoms with Gasteiger partial charge in [0, 0.05) is 62.2 Å². The zero-order valence-corrected chi connectivity index (χ0v) is 30.5. The van der Waals surface area contributed by atoms with Crippen LogP contribution in [0.25, 0.3) is 11.0 Å². The van der Waals surface area contributed by atoms with E-state index < -0.39 is 11.6 Å². The van der Waals surface area contributed by atoms with Gasteiger partial charge in [-0.15, -0.1) is 0 Å². The molecule has 51 heavy (non-hydrogen) atoms. The molecule has 0 amide bonds. The first-order valence-corrected chi connectivity index (χ1v) is 17.2. The number of ether oxygens (including phenoxy) is 2. The maximum absolute atomic E-state index is 15.3. The molecule has 1 aromatic carbocycles. The number of ketones is 1. The summed E-state index contributed by atoms with van der Waals surface area (Å²) in [5.74, 6) is 0.683. The second-order valence-corrected chi connectivity index (χ2v) is 12.5. The largest absolute Gasteiger partial charge is 0.489 e. The molecule has 5 rings (SSSR count). The SMILES string of the molecule is CC(=O)/C=C/CN(C)C.CC=C1C=C(Oc2cc(F)c(Nc3ncnc4cc5c(nc34)N(CCCCC)CC(C)CO5)cc2F)C=CN1/N=C\C. The Bertz CT molecular complexity index is 1820. The highest BCUT2D eigenvalue weighted by Crippen LogP contribution is 2.36. The van der Waals surface area contributed by atoms with Crippen molar-refractivity contribution in [1.29, 1.82) is 0 Å². The number of pyridine rings is 1. The summed E-state index contributed by atoms with van der Waals surface area (Å²) in [6, 6.07) is 3.88. The van der Waals surface area contributed by atoms with Crippen LogP contribution in [0.2, 0.25) is 0 Å². The molecule has 0 saturated heterocycles. The molecule has 0 fully saturated rings. The highest BCUT2D eigenvalue weighted by Gasteiger charge is 2.24. The topological polar surface area (TPSA) is 108 Å². The molecule has 2 aliphatic rings. The van der Waals surface area contributed by atoms with E-state index in [-0.39, 0.29) is 23.0 Å². The number of allylic oxidation sites excluding steroid dienone is 4. The van der Waals surface area contributed by atoms with Crippen molar-refractivity contribution >= 4 is 40.4 Å². The van der Waals surface area contributed by atoms with Crippen LogP contribution in [0.4, 0.5) is 26.1 Å². The van der Waals surface area contributed by atoms with Crippen LogP contribution in [-0.4, -0.2) is 77.2 Å². The monoisotopic (exact) mass is 702 g/mol. The van der Waals surface area contributed by atoms with E-state index >= 15 is 8.78 Å². The summed E-state index contributed by atoms with van der Waals surface area (Å²) in [6.45, 7) is 12.6. The third kappa shape index (κ3) is 10.9. The van der Waals surface area contributed by atoms with E-state index in [1.54, 1.807) is 49.5 Å². The number of fused-ring (bicyclic) bond motifs is 2. The van der Waals surface area contributed by atoms with E-state index in [4.69, 9.17) is 14.5 Å². The number of rotatable bonds is 12. The zero-order chi connectivity index (χ0) is 36.9. The average molecular weight is 703 g/mol. The maximum atomic E-state index is 15.3. The summed E-state index contributed by atoms with van der Waals surface area (Å²) in [5, 5.41) is 8.78. The Morgan fingerprint density at radius 2 is 1.98 bits per heavy atom. The Balaban J connectivity index is 0.000000573. The number of aromatic nitrogens is 3. The molecule has 0 aliphatic carbocycles. The summed E-state index contributed by atoms with van der Waals surface area (Å²) < 4.78 is 42.2. The van der Waals surface area contributed by atoms with Crippen LogP contribution < -0.4 is 19.7 Å². The van der Waals surface area contributed by atoms with Gasteiger partial charge in [0.25, 0.3) is 0 Å². The highest BCUT2D eigenvalue weighted by molar-refractivity contribution is 5.90. The standard InChI is InChI=1S/C31H35F2N7O2.C7H13NO/c1-5-8-9-11-39-17-20(4)18-41-28-16-26-29(38-31(28)39)30(35-19-34-26)37-25-14-24(33)27(15-23(25)32)42-22-10-12-40(36-7-3)21(6-2)13-22;1-7(9)5-4-6-8(2)3/h6-7,10,12-16,19-20H,5,8-9,11,17-18H2,1-4H3,(H,34,35,37);4-5H,6H2,1-3H3/b21-6?,36-7-;5-4+. The van der Waals surface area contributed by atoms with Crippen LogP contribution in [-0.2, 0) is 4.79 Å². The predicted octanol–water partition coefficient (Wildman–Crippen LogP) is 7.77. The lowest BCUT2D eigenvalue weighted by atomic mass is 10.1. The molecule has 0 bridgehead atoms. The van der Waals surface area contributed by atoms with Crippen LogP contribution in [0.5, 0.6) is 11.5 Å². The molecule has 2 aliphatic heterocycles. The minimum atomic E-state index is -0.742. The van der Waals surface area contributed by atoms with E-state index in [1.807, 2.05) is 44.1 Å². The first-order chi connectivity index (χ1) is 24.5. The molecule has 1 N–H and O–H groups in total. The van der Waals surface area contributed by atoms with E-state index in [2.05, 4.69) is 39.1 Å². The number of halogens is 2. The van der Waals surface area contributed by atoms with E-state index in [0.717, 1.165) is 56.7 Å². The summed E-state index contributed by atoms with van der Waals surface area (Å²) >= 11 is 0. The molecule has 0 saturated carbocycles. The summed E-state index contributed by atoms with van der Waals surface area (Å²) in [4.78, 5) is 28.1. The van der Waals surface area contributed by atoms with Gasteiger partial charge in [0.1, 0.15) is 17.6 Å². The van der Waals surface area contributed by atoms with Gasteiger partial charge in [0.15, 0.2) is 40.6 Å². The Labute approximate surface area is 299 Å². The van der Waals surface area contributed by atoms with Crippen molar-refractivity contribution in [2.75, 3.05) is 50.6 Å². The van der Waals surface area contributed by atoms with Crippen molar-refractivity contribution in [1.82, 2.24) is 24.9 Å². The molecule has 2 aromatic heterocycles. The quantitative estimate of drug-likeness (QED) is 0.114. The fourth-order valence-electron chi connectivity index (χ4n) is 5.26. The summed E-state index contributed by atoms with van der Waals surface area (Å²) in [6.07, 6.45) is 16.5. The Kier molecular flexibility index (Phi) is 14.2. The number of nitrogens with one attached hydrogen (secondary N) is 1. The molecule has 0 spiro atoms. The molecular formula is C38H48F2N8O3. The fraction of sp³-hybridized carbons (Fsp3) is 0.395. The molecular weight excluding hydrogens is 654 g/mol. The summed E-state index contributed by atoms with van der Waals surface area (Å²) in [7, 11) is 3.93. The van der Waals surface area contributed by atoms with E-state index in [0.29, 0.717) is 40.9 Å². The molecule has 11 nitrogen and oxygen atoms in total. The second kappa shape index (κ2) is 18.7. The number of carbonyl (C=O) groups excluding carboxylic acids is 1. The number of hydrazone groups is 1. The molecule has 3 aromatic rings. The van der Waals surface area contributed by atoms with Gasteiger partial charge in [-0.25, -0.2) is 28.7 Å². The predicted molar refractivity (Wildman–Crippen MR) is 199 cm³/mol. The Morgan fingerprint density at radius 1 is 1.18 bits per heavy atom. The minimum Gasteiger partial charge on any atom is -0.489 e. The first kappa shape index (κ1) is 38.6. The maximum Gasteiger partial charge on any atom is 0.172 e. The number of hydrogen-bond donors (Lipinski definition) is 1. The van der Waals surface area contributed by atoms with Crippen molar-refractivity contribution in [2.45, 2.75) is 53.9 Å². The molecule has 13 heteroatoms. The Hall–Kier alpha value is -5.17. The molecule has 1 atom stereocenters. The van der Waals surface area contributed by atoms with Crippen LogP contribution >= 0.6 is 0 Å². The van der Waals surface area contributed by atoms with Gasteiger partial charge in [-0.05, 0) is 53.4 Å². The molecule has 0 radical (unpaired) electrons. The van der Waals surface area contributed by atoms with Gasteiger partial charge in [0.2, 0.25) is 0 Å². The number of benzene rings is 1. The van der Waals surface area contributed by atoms with Gasteiger partial charge in [-0.3, -0.25) is 4.79 Å². The van der Waals surface area contributed by atoms with Gasteiger partial charge in [-0.1, -0.05) is 38.8 Å². The fourth-order valence-corrected chi connectivity index (χ4v) is 5.26. The smallest absolute Gasteiger partial charge is 0.172 e. The van der Waals surface area contributed by atoms with Gasteiger partial charge in [-0.2, -0.15) is 5.10 Å². The number of carbonyl (C=O) groups is 1. The van der Waals surface area contributed by atoms with Crippen LogP contribution in [0.1, 0.15) is 53.9 Å². The number of hydrogen-bond acceptors (Lipinski definition) is 11. The third-order valence-electron chi connectivity index (χ3n) is 7.74. The van der Waals surface area contributed by atoms with Crippen molar-refractivity contribution in [3.8, 4) is 11.5 Å². The van der Waals surface area contributed by atoms with Crippen molar-refractivity contribution in [3.05, 3.63) is 84.2 Å². The number of unbranched alkanes of at least 4 members (excludes halogenated alkanes) is 2. The van der Waals surface area contributed by atoms with Gasteiger partial charge < -0.3 is 24.6 Å². The van der Waals surface area contributed by atoms with E-state index in [1.165, 1.54) is 6.33 Å². The minimum absolute atomic E-state index is 0.105. The van der Waals surface area contributed by atoms with Crippen molar-refractivity contribution in [3.63, 3.8) is 0 Å². The van der Waals surface area contributed by atoms with Crippen LogP contribution in [0.3, 0.4) is 0 Å². The Morgan fingerprint density at radius 3 is 2.69 bits per heavy atom. The van der Waals surface area contributed by atoms with Crippen molar-refractivity contribution < 1.29 is 23.0 Å². The lowest BCUT2D eigenvalue weighted by Gasteiger charge is -2.24. The van der Waals surface area contributed by atoms with E-state index in [9.17, 15) is 4.79 Å². The third-order valence-corrected chi connectivity index (χ3v) is 7.74. The number of anilines is 3.